The van der Waals surface area contributed by atoms with Crippen LogP contribution in [0.2, 0.25) is 0 Å². The van der Waals surface area contributed by atoms with Crippen molar-refractivity contribution in [2.75, 3.05) is 6.54 Å². The smallest absolute Gasteiger partial charge is 0.0963 e. The van der Waals surface area contributed by atoms with Crippen LogP contribution in [-0.2, 0) is 4.74 Å². The lowest BCUT2D eigenvalue weighted by molar-refractivity contribution is -0.0372. The third-order valence-electron chi connectivity index (χ3n) is 4.28. The van der Waals surface area contributed by atoms with Crippen molar-refractivity contribution in [2.24, 2.45) is 5.92 Å². The highest BCUT2D eigenvalue weighted by Gasteiger charge is 2.24. The fourth-order valence-electron chi connectivity index (χ4n) is 2.91. The Morgan fingerprint density at radius 1 is 1.19 bits per heavy atom. The summed E-state index contributed by atoms with van der Waals surface area (Å²) in [7, 11) is 0. The highest BCUT2D eigenvalue weighted by atomic mass is 79.9. The number of nitrogens with one attached hydrogen (secondary N) is 1. The minimum Gasteiger partial charge on any atom is -0.369 e. The number of hydrogen-bond acceptors (Lipinski definition) is 2. The average Bonchev–Trinajstić information content (AvgIpc) is 2.46. The van der Waals surface area contributed by atoms with Gasteiger partial charge in [-0.15, -0.1) is 0 Å². The van der Waals surface area contributed by atoms with Gasteiger partial charge in [-0.3, -0.25) is 0 Å². The van der Waals surface area contributed by atoms with Crippen LogP contribution in [0.5, 0.6) is 0 Å². The minimum atomic E-state index is 0.126. The zero-order valence-corrected chi connectivity index (χ0v) is 15.0. The van der Waals surface area contributed by atoms with Crippen LogP contribution in [0, 0.1) is 5.92 Å². The molecule has 21 heavy (non-hydrogen) atoms. The first-order valence-electron chi connectivity index (χ1n) is 8.19. The summed E-state index contributed by atoms with van der Waals surface area (Å²) < 4.78 is 7.61. The second kappa shape index (κ2) is 8.30. The van der Waals surface area contributed by atoms with Gasteiger partial charge >= 0.3 is 0 Å². The number of hydrogen-bond donors (Lipinski definition) is 1. The molecule has 0 heterocycles. The summed E-state index contributed by atoms with van der Waals surface area (Å²) in [5.74, 6) is 0.862. The maximum Gasteiger partial charge on any atom is 0.0963 e. The molecule has 0 aliphatic heterocycles. The zero-order chi connectivity index (χ0) is 15.2. The van der Waals surface area contributed by atoms with Crippen molar-refractivity contribution < 1.29 is 4.74 Å². The Morgan fingerprint density at radius 2 is 1.86 bits per heavy atom. The van der Waals surface area contributed by atoms with E-state index in [-0.39, 0.29) is 6.10 Å². The molecule has 2 rings (SSSR count). The molecule has 1 unspecified atom stereocenters. The van der Waals surface area contributed by atoms with E-state index in [1.165, 1.54) is 31.2 Å². The summed E-state index contributed by atoms with van der Waals surface area (Å²) >= 11 is 3.67. The topological polar surface area (TPSA) is 21.3 Å². The molecule has 1 atom stereocenters. The summed E-state index contributed by atoms with van der Waals surface area (Å²) in [6, 6.07) is 8.90. The Morgan fingerprint density at radius 3 is 2.48 bits per heavy atom. The molecular formula is C18H28BrNO. The number of halogens is 1. The molecule has 1 aliphatic carbocycles. The summed E-state index contributed by atoms with van der Waals surface area (Å²) in [5.41, 5.74) is 1.25. The standard InChI is InChI=1S/C18H28BrNO/c1-13(2)20-12-18(16-6-4-5-7-17(16)19)21-15-10-8-14(3)9-11-15/h4-7,13-15,18,20H,8-12H2,1-3H3. The van der Waals surface area contributed by atoms with E-state index >= 15 is 0 Å². The normalized spacial score (nSPS) is 24.2. The molecule has 0 aromatic heterocycles. The van der Waals surface area contributed by atoms with E-state index < -0.39 is 0 Å². The van der Waals surface area contributed by atoms with Crippen molar-refractivity contribution in [1.82, 2.24) is 5.32 Å². The predicted octanol–water partition coefficient (Wildman–Crippen LogP) is 5.08. The van der Waals surface area contributed by atoms with Gasteiger partial charge in [0, 0.05) is 17.1 Å². The van der Waals surface area contributed by atoms with Gasteiger partial charge in [-0.05, 0) is 43.2 Å². The third-order valence-corrected chi connectivity index (χ3v) is 5.01. The van der Waals surface area contributed by atoms with Gasteiger partial charge in [-0.2, -0.15) is 0 Å². The third kappa shape index (κ3) is 5.39. The van der Waals surface area contributed by atoms with E-state index in [2.05, 4.69) is 66.3 Å². The van der Waals surface area contributed by atoms with Gasteiger partial charge in [-0.1, -0.05) is 54.9 Å². The van der Waals surface area contributed by atoms with Gasteiger partial charge in [0.05, 0.1) is 12.2 Å². The highest BCUT2D eigenvalue weighted by molar-refractivity contribution is 9.10. The molecule has 1 aliphatic rings. The lowest BCUT2D eigenvalue weighted by Crippen LogP contribution is -2.32. The molecule has 1 aromatic rings. The van der Waals surface area contributed by atoms with E-state index in [1.54, 1.807) is 0 Å². The number of benzene rings is 1. The SMILES string of the molecule is CC1CCC(OC(CNC(C)C)c2ccccc2Br)CC1. The molecule has 0 saturated heterocycles. The Bertz CT molecular complexity index is 427. The second-order valence-electron chi connectivity index (χ2n) is 6.59. The highest BCUT2D eigenvalue weighted by Crippen LogP contribution is 2.32. The summed E-state index contributed by atoms with van der Waals surface area (Å²) in [4.78, 5) is 0. The monoisotopic (exact) mass is 353 g/mol. The van der Waals surface area contributed by atoms with Crippen molar-refractivity contribution >= 4 is 15.9 Å². The van der Waals surface area contributed by atoms with Crippen LogP contribution >= 0.6 is 15.9 Å². The van der Waals surface area contributed by atoms with E-state index in [0.29, 0.717) is 12.1 Å². The minimum absolute atomic E-state index is 0.126. The van der Waals surface area contributed by atoms with Crippen molar-refractivity contribution in [3.8, 4) is 0 Å². The van der Waals surface area contributed by atoms with Crippen LogP contribution in [0.15, 0.2) is 28.7 Å². The van der Waals surface area contributed by atoms with E-state index in [0.717, 1.165) is 16.9 Å². The molecule has 118 valence electrons. The Labute approximate surface area is 137 Å². The fraction of sp³-hybridized carbons (Fsp3) is 0.667. The average molecular weight is 354 g/mol. The van der Waals surface area contributed by atoms with E-state index in [9.17, 15) is 0 Å². The van der Waals surface area contributed by atoms with Crippen LogP contribution in [0.25, 0.3) is 0 Å². The van der Waals surface area contributed by atoms with Crippen molar-refractivity contribution in [3.05, 3.63) is 34.3 Å². The molecule has 0 spiro atoms. The quantitative estimate of drug-likeness (QED) is 0.769. The van der Waals surface area contributed by atoms with Gasteiger partial charge in [0.1, 0.15) is 0 Å². The van der Waals surface area contributed by atoms with Gasteiger partial charge in [-0.25, -0.2) is 0 Å². The zero-order valence-electron chi connectivity index (χ0n) is 13.4. The van der Waals surface area contributed by atoms with Crippen LogP contribution in [0.3, 0.4) is 0 Å². The lowest BCUT2D eigenvalue weighted by atomic mass is 9.89. The molecule has 2 nitrogen and oxygen atoms in total. The molecule has 0 amide bonds. The van der Waals surface area contributed by atoms with Gasteiger partial charge in [0.25, 0.3) is 0 Å². The fourth-order valence-corrected chi connectivity index (χ4v) is 3.45. The van der Waals surface area contributed by atoms with Crippen molar-refractivity contribution in [3.63, 3.8) is 0 Å². The molecule has 1 N–H and O–H groups in total. The van der Waals surface area contributed by atoms with Crippen molar-refractivity contribution in [1.29, 1.82) is 0 Å². The number of ether oxygens (including phenoxy) is 1. The van der Waals surface area contributed by atoms with Crippen molar-refractivity contribution in [2.45, 2.75) is 64.7 Å². The van der Waals surface area contributed by atoms with Crippen LogP contribution in [0.4, 0.5) is 0 Å². The maximum atomic E-state index is 6.46. The summed E-state index contributed by atoms with van der Waals surface area (Å²) in [6.07, 6.45) is 5.53. The molecule has 1 aromatic carbocycles. The first-order chi connectivity index (χ1) is 10.1. The molecule has 0 radical (unpaired) electrons. The number of rotatable bonds is 6. The van der Waals surface area contributed by atoms with Crippen LogP contribution in [-0.4, -0.2) is 18.7 Å². The summed E-state index contributed by atoms with van der Waals surface area (Å²) in [6.45, 7) is 7.58. The molecular weight excluding hydrogens is 326 g/mol. The maximum absolute atomic E-state index is 6.46. The van der Waals surface area contributed by atoms with Gasteiger partial charge < -0.3 is 10.1 Å². The molecule has 1 saturated carbocycles. The van der Waals surface area contributed by atoms with E-state index in [1.807, 2.05) is 0 Å². The molecule has 3 heteroatoms. The first-order valence-corrected chi connectivity index (χ1v) is 8.98. The van der Waals surface area contributed by atoms with E-state index in [4.69, 9.17) is 4.74 Å². The first kappa shape index (κ1) is 17.0. The Kier molecular flexibility index (Phi) is 6.72. The van der Waals surface area contributed by atoms with Gasteiger partial charge in [0.2, 0.25) is 0 Å². The molecule has 1 fully saturated rings. The van der Waals surface area contributed by atoms with Gasteiger partial charge in [0.15, 0.2) is 0 Å². The molecule has 0 bridgehead atoms. The largest absolute Gasteiger partial charge is 0.369 e. The van der Waals surface area contributed by atoms with Crippen LogP contribution < -0.4 is 5.32 Å². The Balaban J connectivity index is 2.03. The summed E-state index contributed by atoms with van der Waals surface area (Å²) in [5, 5.41) is 3.52. The van der Waals surface area contributed by atoms with Crippen LogP contribution in [0.1, 0.15) is 58.1 Å². The Hall–Kier alpha value is -0.380. The lowest BCUT2D eigenvalue weighted by Gasteiger charge is -2.31. The second-order valence-corrected chi connectivity index (χ2v) is 7.45. The predicted molar refractivity (Wildman–Crippen MR) is 92.5 cm³/mol.